The number of aliphatic hydroxyl groups is 1. The highest BCUT2D eigenvalue weighted by Crippen LogP contribution is 2.42. The average molecular weight is 455 g/mol. The van der Waals surface area contributed by atoms with Crippen molar-refractivity contribution >= 4 is 17.4 Å². The van der Waals surface area contributed by atoms with Crippen molar-refractivity contribution in [2.45, 2.75) is 19.9 Å². The molecule has 0 saturated carbocycles. The Bertz CT molecular complexity index is 1090. The van der Waals surface area contributed by atoms with Gasteiger partial charge in [0.1, 0.15) is 11.5 Å². The van der Waals surface area contributed by atoms with Gasteiger partial charge in [0.05, 0.1) is 25.3 Å². The monoisotopic (exact) mass is 454 g/mol. The van der Waals surface area contributed by atoms with Crippen LogP contribution in [0.2, 0.25) is 0 Å². The minimum atomic E-state index is -0.827. The van der Waals surface area contributed by atoms with E-state index >= 15 is 0 Å². The molecule has 176 valence electrons. The van der Waals surface area contributed by atoms with Gasteiger partial charge in [0, 0.05) is 18.7 Å². The highest BCUT2D eigenvalue weighted by Gasteiger charge is 2.46. The summed E-state index contributed by atoms with van der Waals surface area (Å²) in [6.07, 6.45) is 0. The summed E-state index contributed by atoms with van der Waals surface area (Å²) in [5.41, 5.74) is 1.74. The van der Waals surface area contributed by atoms with E-state index in [9.17, 15) is 19.8 Å². The van der Waals surface area contributed by atoms with Crippen LogP contribution in [0.3, 0.4) is 0 Å². The van der Waals surface area contributed by atoms with Crippen LogP contribution in [0.5, 0.6) is 17.2 Å². The standard InChI is InChI=1S/C25H30N2O6/c1-6-33-20-14-16(7-9-18(20)28)22-21(24(30)25(31)27(22)12-11-26(3)4)23(29)17-8-10-19(32-5)15(2)13-17/h7-10,13-14,22,28-29H,6,11-12H2,1-5H3/b23-21-. The molecule has 1 amide bonds. The highest BCUT2D eigenvalue weighted by atomic mass is 16.5. The number of phenolic OH excluding ortho intramolecular Hbond substituents is 1. The fourth-order valence-corrected chi connectivity index (χ4v) is 3.92. The van der Waals surface area contributed by atoms with Crippen LogP contribution in [-0.4, -0.2) is 72.6 Å². The number of rotatable bonds is 8. The fourth-order valence-electron chi connectivity index (χ4n) is 3.92. The Labute approximate surface area is 193 Å². The van der Waals surface area contributed by atoms with Crippen molar-refractivity contribution in [3.8, 4) is 17.2 Å². The van der Waals surface area contributed by atoms with Crippen LogP contribution in [0.4, 0.5) is 0 Å². The summed E-state index contributed by atoms with van der Waals surface area (Å²) in [7, 11) is 5.30. The maximum Gasteiger partial charge on any atom is 0.295 e. The second-order valence-corrected chi connectivity index (χ2v) is 8.14. The van der Waals surface area contributed by atoms with E-state index in [1.807, 2.05) is 25.9 Å². The van der Waals surface area contributed by atoms with E-state index in [1.54, 1.807) is 44.4 Å². The SMILES string of the molecule is CCOc1cc(C2/C(=C(/O)c3ccc(OC)c(C)c3)C(=O)C(=O)N2CCN(C)C)ccc1O. The molecule has 1 saturated heterocycles. The van der Waals surface area contributed by atoms with E-state index in [1.165, 1.54) is 11.0 Å². The molecule has 1 aliphatic heterocycles. The number of ether oxygens (including phenoxy) is 2. The third-order valence-corrected chi connectivity index (χ3v) is 5.60. The van der Waals surface area contributed by atoms with Crippen LogP contribution in [0.25, 0.3) is 5.76 Å². The third kappa shape index (κ3) is 4.80. The van der Waals surface area contributed by atoms with E-state index in [0.717, 1.165) is 5.56 Å². The highest BCUT2D eigenvalue weighted by molar-refractivity contribution is 6.46. The average Bonchev–Trinajstić information content (AvgIpc) is 3.03. The van der Waals surface area contributed by atoms with Crippen molar-refractivity contribution in [3.05, 3.63) is 58.7 Å². The molecule has 1 unspecified atom stereocenters. The maximum atomic E-state index is 13.1. The molecule has 0 bridgehead atoms. The summed E-state index contributed by atoms with van der Waals surface area (Å²) in [5, 5.41) is 21.3. The summed E-state index contributed by atoms with van der Waals surface area (Å²) in [6.45, 7) is 4.77. The lowest BCUT2D eigenvalue weighted by atomic mass is 9.94. The Morgan fingerprint density at radius 3 is 2.45 bits per heavy atom. The van der Waals surface area contributed by atoms with Crippen molar-refractivity contribution < 1.29 is 29.3 Å². The molecular weight excluding hydrogens is 424 g/mol. The number of likely N-dealkylation sites (tertiary alicyclic amines) is 1. The summed E-state index contributed by atoms with van der Waals surface area (Å²) >= 11 is 0. The first-order valence-corrected chi connectivity index (χ1v) is 10.7. The summed E-state index contributed by atoms with van der Waals surface area (Å²) in [5.74, 6) is -0.850. The molecule has 0 radical (unpaired) electrons. The Hall–Kier alpha value is -3.52. The molecule has 1 fully saturated rings. The molecular formula is C25H30N2O6. The van der Waals surface area contributed by atoms with Crippen LogP contribution in [0.1, 0.15) is 29.7 Å². The number of carbonyl (C=O) groups excluding carboxylic acids is 2. The second-order valence-electron chi connectivity index (χ2n) is 8.14. The van der Waals surface area contributed by atoms with Crippen molar-refractivity contribution in [1.82, 2.24) is 9.80 Å². The predicted molar refractivity (Wildman–Crippen MR) is 125 cm³/mol. The molecule has 33 heavy (non-hydrogen) atoms. The van der Waals surface area contributed by atoms with E-state index in [2.05, 4.69) is 0 Å². The summed E-state index contributed by atoms with van der Waals surface area (Å²) < 4.78 is 10.8. The topological polar surface area (TPSA) is 99.5 Å². The number of methoxy groups -OCH3 is 1. The van der Waals surface area contributed by atoms with Gasteiger partial charge in [0.15, 0.2) is 11.5 Å². The smallest absolute Gasteiger partial charge is 0.295 e. The Morgan fingerprint density at radius 2 is 1.85 bits per heavy atom. The number of phenols is 1. The van der Waals surface area contributed by atoms with Gasteiger partial charge in [-0.3, -0.25) is 9.59 Å². The minimum Gasteiger partial charge on any atom is -0.507 e. The summed E-state index contributed by atoms with van der Waals surface area (Å²) in [6, 6.07) is 8.93. The van der Waals surface area contributed by atoms with Gasteiger partial charge in [-0.25, -0.2) is 0 Å². The fraction of sp³-hybridized carbons (Fsp3) is 0.360. The molecule has 0 spiro atoms. The van der Waals surface area contributed by atoms with E-state index in [4.69, 9.17) is 9.47 Å². The van der Waals surface area contributed by atoms with Gasteiger partial charge in [-0.1, -0.05) is 6.07 Å². The maximum absolute atomic E-state index is 13.1. The van der Waals surface area contributed by atoms with Crippen molar-refractivity contribution in [2.75, 3.05) is 40.9 Å². The molecule has 1 atom stereocenters. The zero-order valence-electron chi connectivity index (χ0n) is 19.6. The zero-order valence-corrected chi connectivity index (χ0v) is 19.6. The lowest BCUT2D eigenvalue weighted by molar-refractivity contribution is -0.140. The first-order chi connectivity index (χ1) is 15.7. The van der Waals surface area contributed by atoms with Crippen LogP contribution < -0.4 is 9.47 Å². The summed E-state index contributed by atoms with van der Waals surface area (Å²) in [4.78, 5) is 29.5. The van der Waals surface area contributed by atoms with Gasteiger partial charge in [0.2, 0.25) is 0 Å². The van der Waals surface area contributed by atoms with Gasteiger partial charge in [-0.05, 0) is 69.4 Å². The lowest BCUT2D eigenvalue weighted by Crippen LogP contribution is -2.35. The van der Waals surface area contributed by atoms with Gasteiger partial charge < -0.3 is 29.5 Å². The molecule has 2 aromatic carbocycles. The number of amides is 1. The molecule has 1 heterocycles. The number of aliphatic hydroxyl groups excluding tert-OH is 1. The Morgan fingerprint density at radius 1 is 1.12 bits per heavy atom. The predicted octanol–water partition coefficient (Wildman–Crippen LogP) is 3.09. The molecule has 3 rings (SSSR count). The number of aryl methyl sites for hydroxylation is 1. The first-order valence-electron chi connectivity index (χ1n) is 10.7. The second kappa shape index (κ2) is 9.95. The van der Waals surface area contributed by atoms with Gasteiger partial charge in [-0.2, -0.15) is 0 Å². The molecule has 8 nitrogen and oxygen atoms in total. The number of benzene rings is 2. The van der Waals surface area contributed by atoms with E-state index in [-0.39, 0.29) is 29.4 Å². The number of likely N-dealkylation sites (N-methyl/N-ethyl adjacent to an activating group) is 1. The number of carbonyl (C=O) groups is 2. The lowest BCUT2D eigenvalue weighted by Gasteiger charge is -2.27. The van der Waals surface area contributed by atoms with E-state index in [0.29, 0.717) is 30.0 Å². The Kier molecular flexibility index (Phi) is 7.28. The number of hydrogen-bond donors (Lipinski definition) is 2. The zero-order chi connectivity index (χ0) is 24.3. The van der Waals surface area contributed by atoms with Gasteiger partial charge in [0.25, 0.3) is 11.7 Å². The van der Waals surface area contributed by atoms with Crippen LogP contribution in [0.15, 0.2) is 42.0 Å². The van der Waals surface area contributed by atoms with Gasteiger partial charge >= 0.3 is 0 Å². The van der Waals surface area contributed by atoms with Crippen LogP contribution >= 0.6 is 0 Å². The van der Waals surface area contributed by atoms with Gasteiger partial charge in [-0.15, -0.1) is 0 Å². The molecule has 1 aliphatic rings. The number of aromatic hydroxyl groups is 1. The molecule has 2 aromatic rings. The van der Waals surface area contributed by atoms with Crippen molar-refractivity contribution in [3.63, 3.8) is 0 Å². The Balaban J connectivity index is 2.18. The number of Topliss-reactive ketones (excluding diaryl/α,β-unsaturated/α-hetero) is 1. The molecule has 2 N–H and O–H groups in total. The van der Waals surface area contributed by atoms with Crippen LogP contribution in [0, 0.1) is 6.92 Å². The normalized spacial score (nSPS) is 17.6. The number of nitrogens with zero attached hydrogens (tertiary/aromatic N) is 2. The van der Waals surface area contributed by atoms with E-state index < -0.39 is 17.7 Å². The van der Waals surface area contributed by atoms with Crippen molar-refractivity contribution in [2.24, 2.45) is 0 Å². The van der Waals surface area contributed by atoms with Crippen LogP contribution in [-0.2, 0) is 9.59 Å². The third-order valence-electron chi connectivity index (χ3n) is 5.60. The number of ketones is 1. The largest absolute Gasteiger partial charge is 0.507 e. The molecule has 0 aliphatic carbocycles. The van der Waals surface area contributed by atoms with Crippen molar-refractivity contribution in [1.29, 1.82) is 0 Å². The molecule has 8 heteroatoms. The first kappa shape index (κ1) is 24.1. The quantitative estimate of drug-likeness (QED) is 0.359. The minimum absolute atomic E-state index is 0.00328. The number of hydrogen-bond acceptors (Lipinski definition) is 7. The molecule has 0 aromatic heterocycles.